The van der Waals surface area contributed by atoms with E-state index in [1.165, 1.54) is 10.9 Å². The number of nitrogens with zero attached hydrogens (tertiary/aromatic N) is 2. The zero-order chi connectivity index (χ0) is 12.3. The van der Waals surface area contributed by atoms with E-state index in [1.54, 1.807) is 6.92 Å². The van der Waals surface area contributed by atoms with Crippen molar-refractivity contribution in [1.82, 2.24) is 9.78 Å². The molecule has 1 aromatic rings. The van der Waals surface area contributed by atoms with Crippen LogP contribution in [0.1, 0.15) is 42.9 Å². The van der Waals surface area contributed by atoms with Gasteiger partial charge in [0, 0.05) is 6.61 Å². The maximum Gasteiger partial charge on any atom is 0.362 e. The lowest BCUT2D eigenvalue weighted by Crippen LogP contribution is -2.19. The first-order chi connectivity index (χ1) is 8.22. The van der Waals surface area contributed by atoms with Crippen LogP contribution in [0.4, 0.5) is 0 Å². The van der Waals surface area contributed by atoms with Crippen molar-refractivity contribution in [3.63, 3.8) is 0 Å². The Morgan fingerprint density at radius 1 is 1.71 bits per heavy atom. The second kappa shape index (κ2) is 5.18. The van der Waals surface area contributed by atoms with Crippen LogP contribution in [0.15, 0.2) is 6.20 Å². The molecule has 0 spiro atoms. The van der Waals surface area contributed by atoms with Crippen LogP contribution in [0.25, 0.3) is 0 Å². The van der Waals surface area contributed by atoms with Gasteiger partial charge in [-0.3, -0.25) is 0 Å². The van der Waals surface area contributed by atoms with E-state index in [-0.39, 0.29) is 24.3 Å². The number of carbonyl (C=O) groups is 1. The number of esters is 1. The Bertz CT molecular complexity index is 396. The maximum atomic E-state index is 11.5. The number of carbonyl (C=O) groups excluding carboxylic acids is 1. The highest BCUT2D eigenvalue weighted by atomic mass is 16.5. The lowest BCUT2D eigenvalue weighted by molar-refractivity contribution is -0.0398. The molecule has 94 valence electrons. The van der Waals surface area contributed by atoms with E-state index in [4.69, 9.17) is 9.47 Å². The molecule has 0 aliphatic carbocycles. The summed E-state index contributed by atoms with van der Waals surface area (Å²) in [6.07, 6.45) is 4.14. The molecule has 1 N–H and O–H groups in total. The minimum absolute atomic E-state index is 0.0546. The van der Waals surface area contributed by atoms with Gasteiger partial charge in [-0.05, 0) is 26.2 Å². The minimum Gasteiger partial charge on any atom is -0.504 e. The molecule has 0 amide bonds. The quantitative estimate of drug-likeness (QED) is 0.810. The smallest absolute Gasteiger partial charge is 0.362 e. The number of aromatic hydroxyl groups is 1. The lowest BCUT2D eigenvalue weighted by Gasteiger charge is -2.22. The molecule has 1 aliphatic rings. The fourth-order valence-electron chi connectivity index (χ4n) is 1.81. The van der Waals surface area contributed by atoms with E-state index >= 15 is 0 Å². The molecule has 17 heavy (non-hydrogen) atoms. The Labute approximate surface area is 99.1 Å². The van der Waals surface area contributed by atoms with Crippen molar-refractivity contribution in [3.05, 3.63) is 11.9 Å². The van der Waals surface area contributed by atoms with Gasteiger partial charge in [-0.1, -0.05) is 0 Å². The molecule has 2 heterocycles. The fourth-order valence-corrected chi connectivity index (χ4v) is 1.81. The van der Waals surface area contributed by atoms with Gasteiger partial charge in [-0.2, -0.15) is 5.10 Å². The summed E-state index contributed by atoms with van der Waals surface area (Å²) in [4.78, 5) is 11.5. The van der Waals surface area contributed by atoms with Crippen molar-refractivity contribution < 1.29 is 19.4 Å². The normalized spacial score (nSPS) is 20.2. The maximum absolute atomic E-state index is 11.5. The number of rotatable bonds is 3. The van der Waals surface area contributed by atoms with E-state index in [1.807, 2.05) is 0 Å². The van der Waals surface area contributed by atoms with Gasteiger partial charge in [-0.25, -0.2) is 9.48 Å². The largest absolute Gasteiger partial charge is 0.504 e. The van der Waals surface area contributed by atoms with E-state index < -0.39 is 5.97 Å². The van der Waals surface area contributed by atoms with Gasteiger partial charge >= 0.3 is 5.97 Å². The Hall–Kier alpha value is -1.56. The van der Waals surface area contributed by atoms with Crippen molar-refractivity contribution in [2.75, 3.05) is 13.2 Å². The van der Waals surface area contributed by atoms with Crippen LogP contribution >= 0.6 is 0 Å². The molecule has 0 saturated carbocycles. The molecule has 0 bridgehead atoms. The second-order valence-electron chi connectivity index (χ2n) is 3.88. The Kier molecular flexibility index (Phi) is 3.63. The summed E-state index contributed by atoms with van der Waals surface area (Å²) in [6.45, 7) is 2.64. The molecule has 2 rings (SSSR count). The summed E-state index contributed by atoms with van der Waals surface area (Å²) in [5, 5.41) is 13.6. The average Bonchev–Trinajstić information content (AvgIpc) is 2.73. The van der Waals surface area contributed by atoms with Gasteiger partial charge in [0.15, 0.2) is 5.75 Å². The highest BCUT2D eigenvalue weighted by Crippen LogP contribution is 2.25. The molecule has 1 aliphatic heterocycles. The molecule has 1 aromatic heterocycles. The summed E-state index contributed by atoms with van der Waals surface area (Å²) in [5.74, 6) is -0.780. The fraction of sp³-hybridized carbons (Fsp3) is 0.636. The molecule has 0 radical (unpaired) electrons. The van der Waals surface area contributed by atoms with Crippen LogP contribution in [-0.4, -0.2) is 34.1 Å². The zero-order valence-corrected chi connectivity index (χ0v) is 9.76. The zero-order valence-electron chi connectivity index (χ0n) is 9.76. The molecule has 1 atom stereocenters. The van der Waals surface area contributed by atoms with Gasteiger partial charge in [0.2, 0.25) is 5.69 Å². The molecule has 1 saturated heterocycles. The van der Waals surface area contributed by atoms with Crippen LogP contribution in [0.3, 0.4) is 0 Å². The number of hydrogen-bond donors (Lipinski definition) is 1. The third kappa shape index (κ3) is 2.58. The van der Waals surface area contributed by atoms with E-state index in [9.17, 15) is 9.90 Å². The van der Waals surface area contributed by atoms with E-state index in [0.29, 0.717) is 6.61 Å². The third-order valence-electron chi connectivity index (χ3n) is 2.63. The van der Waals surface area contributed by atoms with Gasteiger partial charge in [0.25, 0.3) is 0 Å². The average molecular weight is 240 g/mol. The molecule has 6 nitrogen and oxygen atoms in total. The van der Waals surface area contributed by atoms with Crippen LogP contribution in [0.2, 0.25) is 0 Å². The van der Waals surface area contributed by atoms with Gasteiger partial charge in [0.05, 0.1) is 12.8 Å². The molecule has 1 fully saturated rings. The predicted octanol–water partition coefficient (Wildman–Crippen LogP) is 1.46. The SMILES string of the molecule is CCOC(=O)c1nn(C2CCCCO2)cc1O. The van der Waals surface area contributed by atoms with Crippen LogP contribution in [-0.2, 0) is 9.47 Å². The highest BCUT2D eigenvalue weighted by molar-refractivity contribution is 5.89. The highest BCUT2D eigenvalue weighted by Gasteiger charge is 2.22. The summed E-state index contributed by atoms with van der Waals surface area (Å²) < 4.78 is 11.8. The van der Waals surface area contributed by atoms with Crippen molar-refractivity contribution in [2.45, 2.75) is 32.4 Å². The van der Waals surface area contributed by atoms with Gasteiger partial charge in [-0.15, -0.1) is 0 Å². The summed E-state index contributed by atoms with van der Waals surface area (Å²) >= 11 is 0. The van der Waals surface area contributed by atoms with Crippen molar-refractivity contribution in [3.8, 4) is 5.75 Å². The number of aromatic nitrogens is 2. The molecule has 0 aromatic carbocycles. The summed E-state index contributed by atoms with van der Waals surface area (Å²) in [7, 11) is 0. The molecule has 6 heteroatoms. The van der Waals surface area contributed by atoms with Crippen LogP contribution < -0.4 is 0 Å². The molecular weight excluding hydrogens is 224 g/mol. The Morgan fingerprint density at radius 3 is 3.18 bits per heavy atom. The van der Waals surface area contributed by atoms with E-state index in [2.05, 4.69) is 5.10 Å². The summed E-state index contributed by atoms with van der Waals surface area (Å²) in [6, 6.07) is 0. The third-order valence-corrected chi connectivity index (χ3v) is 2.63. The number of hydrogen-bond acceptors (Lipinski definition) is 5. The van der Waals surface area contributed by atoms with Crippen molar-refractivity contribution in [1.29, 1.82) is 0 Å². The Morgan fingerprint density at radius 2 is 2.53 bits per heavy atom. The van der Waals surface area contributed by atoms with Crippen molar-refractivity contribution >= 4 is 5.97 Å². The standard InChI is InChI=1S/C11H16N2O4/c1-2-16-11(15)10-8(14)7-13(12-10)9-5-3-4-6-17-9/h7,9,14H,2-6H2,1H3. The molecular formula is C11H16N2O4. The van der Waals surface area contributed by atoms with Crippen LogP contribution in [0, 0.1) is 0 Å². The Balaban J connectivity index is 2.14. The second-order valence-corrected chi connectivity index (χ2v) is 3.88. The lowest BCUT2D eigenvalue weighted by atomic mass is 10.2. The predicted molar refractivity (Wildman–Crippen MR) is 58.7 cm³/mol. The van der Waals surface area contributed by atoms with Crippen molar-refractivity contribution in [2.24, 2.45) is 0 Å². The first-order valence-electron chi connectivity index (χ1n) is 5.79. The topological polar surface area (TPSA) is 73.6 Å². The van der Waals surface area contributed by atoms with Crippen LogP contribution in [0.5, 0.6) is 5.75 Å². The first-order valence-corrected chi connectivity index (χ1v) is 5.79. The minimum atomic E-state index is -0.612. The monoisotopic (exact) mass is 240 g/mol. The van der Waals surface area contributed by atoms with Gasteiger partial charge < -0.3 is 14.6 Å². The number of ether oxygens (including phenoxy) is 2. The summed E-state index contributed by atoms with van der Waals surface area (Å²) in [5.41, 5.74) is -0.0546. The first kappa shape index (κ1) is 11.9. The van der Waals surface area contributed by atoms with E-state index in [0.717, 1.165) is 19.3 Å². The van der Waals surface area contributed by atoms with Gasteiger partial charge in [0.1, 0.15) is 6.23 Å². The molecule has 1 unspecified atom stereocenters.